The van der Waals surface area contributed by atoms with Gasteiger partial charge >= 0.3 is 5.97 Å². The fraction of sp³-hybridized carbons (Fsp3) is 0.242. The van der Waals surface area contributed by atoms with Crippen LogP contribution < -0.4 is 24.4 Å². The Kier molecular flexibility index (Phi) is 8.94. The average molecular weight is 603 g/mol. The van der Waals surface area contributed by atoms with Gasteiger partial charge in [-0.1, -0.05) is 59.3 Å². The molecule has 2 heterocycles. The number of fused-ring (bicyclic) bond motifs is 1. The second-order valence-corrected chi connectivity index (χ2v) is 11.5. The van der Waals surface area contributed by atoms with Gasteiger partial charge in [0.15, 0.2) is 4.80 Å². The Morgan fingerprint density at radius 3 is 2.50 bits per heavy atom. The number of halogens is 1. The molecule has 0 N–H and O–H groups in total. The van der Waals surface area contributed by atoms with Crippen LogP contribution >= 0.6 is 22.9 Å². The van der Waals surface area contributed by atoms with Crippen LogP contribution in [-0.4, -0.2) is 23.2 Å². The summed E-state index contributed by atoms with van der Waals surface area (Å²) in [6.07, 6.45) is 1.84. The zero-order chi connectivity index (χ0) is 29.8. The first-order chi connectivity index (χ1) is 20.2. The van der Waals surface area contributed by atoms with Crippen LogP contribution in [0.15, 0.2) is 93.9 Å². The van der Waals surface area contributed by atoms with E-state index in [1.807, 2.05) is 92.7 Å². The lowest BCUT2D eigenvalue weighted by molar-refractivity contribution is -0.139. The normalized spacial score (nSPS) is 14.9. The van der Waals surface area contributed by atoms with Crippen molar-refractivity contribution >= 4 is 35.0 Å². The summed E-state index contributed by atoms with van der Waals surface area (Å²) in [4.78, 5) is 32.2. The first-order valence-electron chi connectivity index (χ1n) is 13.7. The van der Waals surface area contributed by atoms with Crippen molar-refractivity contribution in [1.82, 2.24) is 4.57 Å². The van der Waals surface area contributed by atoms with E-state index in [0.29, 0.717) is 43.7 Å². The van der Waals surface area contributed by atoms with Gasteiger partial charge in [0.2, 0.25) is 0 Å². The Morgan fingerprint density at radius 1 is 1.07 bits per heavy atom. The Bertz CT molecular complexity index is 1800. The molecule has 0 amide bonds. The highest BCUT2D eigenvalue weighted by Crippen LogP contribution is 2.32. The van der Waals surface area contributed by atoms with Crippen molar-refractivity contribution in [2.24, 2.45) is 4.99 Å². The van der Waals surface area contributed by atoms with Crippen molar-refractivity contribution in [3.63, 3.8) is 0 Å². The van der Waals surface area contributed by atoms with E-state index in [1.54, 1.807) is 18.4 Å². The van der Waals surface area contributed by atoms with E-state index in [-0.39, 0.29) is 18.3 Å². The van der Waals surface area contributed by atoms with Crippen molar-refractivity contribution in [3.8, 4) is 11.5 Å². The van der Waals surface area contributed by atoms with E-state index in [2.05, 4.69) is 4.99 Å². The predicted octanol–water partition coefficient (Wildman–Crippen LogP) is 5.82. The van der Waals surface area contributed by atoms with E-state index >= 15 is 0 Å². The van der Waals surface area contributed by atoms with Gasteiger partial charge < -0.3 is 14.2 Å². The highest BCUT2D eigenvalue weighted by atomic mass is 35.5. The summed E-state index contributed by atoms with van der Waals surface area (Å²) >= 11 is 7.26. The Balaban J connectivity index is 1.52. The van der Waals surface area contributed by atoms with Crippen LogP contribution in [0.2, 0.25) is 5.02 Å². The molecule has 1 atom stereocenters. The van der Waals surface area contributed by atoms with Gasteiger partial charge in [0.1, 0.15) is 18.1 Å². The molecule has 0 spiro atoms. The predicted molar refractivity (Wildman–Crippen MR) is 165 cm³/mol. The van der Waals surface area contributed by atoms with Crippen LogP contribution in [0.4, 0.5) is 0 Å². The summed E-state index contributed by atoms with van der Waals surface area (Å²) in [6, 6.07) is 21.8. The third-order valence-corrected chi connectivity index (χ3v) is 7.79. The molecule has 1 aliphatic rings. The summed E-state index contributed by atoms with van der Waals surface area (Å²) in [6.45, 7) is 8.04. The van der Waals surface area contributed by atoms with Crippen molar-refractivity contribution in [3.05, 3.63) is 125 Å². The van der Waals surface area contributed by atoms with Gasteiger partial charge in [-0.15, -0.1) is 0 Å². The number of thiazole rings is 1. The maximum Gasteiger partial charge on any atom is 0.338 e. The molecule has 0 unspecified atom stereocenters. The Hall–Kier alpha value is -4.14. The highest BCUT2D eigenvalue weighted by Gasteiger charge is 2.33. The maximum atomic E-state index is 13.9. The van der Waals surface area contributed by atoms with Crippen molar-refractivity contribution < 1.29 is 19.0 Å². The molecule has 1 aromatic heterocycles. The van der Waals surface area contributed by atoms with Gasteiger partial charge in [0.25, 0.3) is 5.56 Å². The zero-order valence-electron chi connectivity index (χ0n) is 23.8. The first kappa shape index (κ1) is 29.4. The molecule has 1 aliphatic heterocycles. The minimum atomic E-state index is -0.690. The molecule has 9 heteroatoms. The fourth-order valence-corrected chi connectivity index (χ4v) is 5.87. The summed E-state index contributed by atoms with van der Waals surface area (Å²) < 4.78 is 19.2. The highest BCUT2D eigenvalue weighted by molar-refractivity contribution is 7.07. The van der Waals surface area contributed by atoms with E-state index in [0.717, 1.165) is 16.7 Å². The molecule has 42 heavy (non-hydrogen) atoms. The second-order valence-electron chi connectivity index (χ2n) is 10.0. The molecule has 4 aromatic rings. The minimum Gasteiger partial charge on any atom is -0.491 e. The third-order valence-electron chi connectivity index (χ3n) is 6.56. The van der Waals surface area contributed by atoms with Crippen LogP contribution in [0.3, 0.4) is 0 Å². The number of carbonyl (C=O) groups is 1. The molecule has 0 aliphatic carbocycles. The quantitative estimate of drug-likeness (QED) is 0.226. The Morgan fingerprint density at radius 2 is 1.81 bits per heavy atom. The zero-order valence-corrected chi connectivity index (χ0v) is 25.4. The summed E-state index contributed by atoms with van der Waals surface area (Å²) in [5.41, 5.74) is 3.18. The molecule has 0 radical (unpaired) electrons. The van der Waals surface area contributed by atoms with Crippen LogP contribution in [0.25, 0.3) is 6.08 Å². The van der Waals surface area contributed by atoms with Crippen LogP contribution in [-0.2, 0) is 16.1 Å². The molecule has 0 saturated heterocycles. The molecular formula is C33H31ClN2O5S. The number of ether oxygens (including phenoxy) is 3. The van der Waals surface area contributed by atoms with Crippen LogP contribution in [0, 0.1) is 0 Å². The standard InChI is InChI=1S/C33H31ClN2O5S/c1-5-39-32(38)29-21(4)35-33-36(30(29)24-11-15-26(16-12-24)41-20(2)3)31(37)28(42-33)18-23-7-6-8-27(17-23)40-19-22-9-13-25(34)14-10-22/h6-18,20,30H,5,19H2,1-4H3/b28-18+/t30-/m1/s1. The summed E-state index contributed by atoms with van der Waals surface area (Å²) in [5.74, 6) is 0.886. The number of allylic oxidation sites excluding steroid dienone is 1. The monoisotopic (exact) mass is 602 g/mol. The Labute approximate surface area is 253 Å². The fourth-order valence-electron chi connectivity index (χ4n) is 4.70. The van der Waals surface area contributed by atoms with Crippen molar-refractivity contribution in [1.29, 1.82) is 0 Å². The number of carbonyl (C=O) groups excluding carboxylic acids is 1. The molecular weight excluding hydrogens is 572 g/mol. The van der Waals surface area contributed by atoms with Crippen molar-refractivity contribution in [2.75, 3.05) is 6.61 Å². The lowest BCUT2D eigenvalue weighted by Crippen LogP contribution is -2.39. The number of rotatable bonds is 9. The van der Waals surface area contributed by atoms with E-state index in [4.69, 9.17) is 25.8 Å². The van der Waals surface area contributed by atoms with E-state index in [1.165, 1.54) is 11.3 Å². The smallest absolute Gasteiger partial charge is 0.338 e. The number of aromatic nitrogens is 1. The van der Waals surface area contributed by atoms with Gasteiger partial charge in [-0.2, -0.15) is 0 Å². The molecule has 216 valence electrons. The molecule has 0 saturated carbocycles. The summed E-state index contributed by atoms with van der Waals surface area (Å²) in [5, 5.41) is 0.672. The van der Waals surface area contributed by atoms with E-state index < -0.39 is 12.0 Å². The van der Waals surface area contributed by atoms with Crippen LogP contribution in [0.5, 0.6) is 11.5 Å². The SMILES string of the molecule is CCOC(=O)C1=C(C)N=c2s/c(=C/c3cccc(OCc4ccc(Cl)cc4)c3)c(=O)n2[C@@H]1c1ccc(OC(C)C)cc1. The van der Waals surface area contributed by atoms with Gasteiger partial charge in [0.05, 0.1) is 34.6 Å². The lowest BCUT2D eigenvalue weighted by atomic mass is 9.96. The molecule has 5 rings (SSSR count). The topological polar surface area (TPSA) is 79.1 Å². The molecule has 3 aromatic carbocycles. The molecule has 7 nitrogen and oxygen atoms in total. The lowest BCUT2D eigenvalue weighted by Gasteiger charge is -2.25. The maximum absolute atomic E-state index is 13.9. The number of nitrogens with zero attached hydrogens (tertiary/aromatic N) is 2. The molecule has 0 bridgehead atoms. The van der Waals surface area contributed by atoms with Crippen molar-refractivity contribution in [2.45, 2.75) is 46.4 Å². The van der Waals surface area contributed by atoms with Gasteiger partial charge in [0, 0.05) is 5.02 Å². The summed E-state index contributed by atoms with van der Waals surface area (Å²) in [7, 11) is 0. The molecule has 0 fully saturated rings. The minimum absolute atomic E-state index is 0.0205. The number of hydrogen-bond acceptors (Lipinski definition) is 7. The van der Waals surface area contributed by atoms with Gasteiger partial charge in [-0.05, 0) is 86.9 Å². The van der Waals surface area contributed by atoms with Crippen LogP contribution in [0.1, 0.15) is 50.4 Å². The van der Waals surface area contributed by atoms with Gasteiger partial charge in [-0.25, -0.2) is 9.79 Å². The third kappa shape index (κ3) is 6.50. The number of hydrogen-bond donors (Lipinski definition) is 0. The number of esters is 1. The van der Waals surface area contributed by atoms with E-state index in [9.17, 15) is 9.59 Å². The second kappa shape index (κ2) is 12.8. The number of benzene rings is 3. The first-order valence-corrected chi connectivity index (χ1v) is 14.9. The average Bonchev–Trinajstić information content (AvgIpc) is 3.26. The van der Waals surface area contributed by atoms with Gasteiger partial charge in [-0.3, -0.25) is 9.36 Å². The largest absolute Gasteiger partial charge is 0.491 e.